The van der Waals surface area contributed by atoms with Crippen LogP contribution in [0, 0.1) is 0 Å². The molecule has 0 spiro atoms. The molecule has 1 heterocycles. The molecule has 0 aliphatic heterocycles. The Balaban J connectivity index is 2.26. The van der Waals surface area contributed by atoms with Crippen LogP contribution in [0.3, 0.4) is 0 Å². The fourth-order valence-electron chi connectivity index (χ4n) is 1.19. The molecule has 1 fully saturated rings. The Hall–Kier alpha value is -1.45. The van der Waals surface area contributed by atoms with Gasteiger partial charge in [-0.1, -0.05) is 0 Å². The summed E-state index contributed by atoms with van der Waals surface area (Å²) in [5.41, 5.74) is 1.39. The Kier molecular flexibility index (Phi) is 1.96. The number of aromatic nitrogens is 2. The highest BCUT2D eigenvalue weighted by molar-refractivity contribution is 5.88. The largest absolute Gasteiger partial charge is 0.465 e. The summed E-state index contributed by atoms with van der Waals surface area (Å²) in [7, 11) is 1.36. The van der Waals surface area contributed by atoms with Crippen molar-refractivity contribution in [1.82, 2.24) is 10.2 Å². The van der Waals surface area contributed by atoms with Gasteiger partial charge in [0.05, 0.1) is 24.6 Å². The van der Waals surface area contributed by atoms with Crippen molar-refractivity contribution in [1.29, 1.82) is 0 Å². The van der Waals surface area contributed by atoms with E-state index in [-0.39, 0.29) is 5.97 Å². The highest BCUT2D eigenvalue weighted by Gasteiger charge is 2.26. The van der Waals surface area contributed by atoms with Gasteiger partial charge in [0.15, 0.2) is 0 Å². The van der Waals surface area contributed by atoms with E-state index in [0.29, 0.717) is 11.5 Å². The van der Waals surface area contributed by atoms with Crippen molar-refractivity contribution in [2.75, 3.05) is 7.11 Å². The van der Waals surface area contributed by atoms with Gasteiger partial charge in [-0.15, -0.1) is 0 Å². The first-order valence-electron chi connectivity index (χ1n) is 4.22. The lowest BCUT2D eigenvalue weighted by atomic mass is 10.2. The number of carbonyl (C=O) groups excluding carboxylic acids is 1. The Morgan fingerprint density at radius 1 is 1.62 bits per heavy atom. The van der Waals surface area contributed by atoms with E-state index in [2.05, 4.69) is 14.9 Å². The van der Waals surface area contributed by atoms with Crippen LogP contribution >= 0.6 is 0 Å². The number of methoxy groups -OCH3 is 1. The van der Waals surface area contributed by atoms with Crippen molar-refractivity contribution in [3.63, 3.8) is 0 Å². The van der Waals surface area contributed by atoms with Crippen molar-refractivity contribution in [2.24, 2.45) is 0 Å². The molecule has 0 bridgehead atoms. The number of rotatable bonds is 2. The summed E-state index contributed by atoms with van der Waals surface area (Å²) in [5.74, 6) is 0.161. The molecule has 0 atom stereocenters. The number of ether oxygens (including phenoxy) is 1. The molecule has 4 heteroatoms. The third-order valence-electron chi connectivity index (χ3n) is 2.09. The highest BCUT2D eigenvalue weighted by Crippen LogP contribution is 2.38. The van der Waals surface area contributed by atoms with Crippen LogP contribution in [0.5, 0.6) is 0 Å². The first-order valence-corrected chi connectivity index (χ1v) is 4.22. The van der Waals surface area contributed by atoms with Gasteiger partial charge in [-0.05, 0) is 18.9 Å². The van der Waals surface area contributed by atoms with E-state index in [1.54, 1.807) is 6.07 Å². The van der Waals surface area contributed by atoms with Gasteiger partial charge in [-0.2, -0.15) is 10.2 Å². The molecule has 0 amide bonds. The smallest absolute Gasteiger partial charge is 0.339 e. The molecule has 1 aromatic heterocycles. The van der Waals surface area contributed by atoms with E-state index in [4.69, 9.17) is 0 Å². The second-order valence-corrected chi connectivity index (χ2v) is 3.13. The zero-order chi connectivity index (χ0) is 9.26. The van der Waals surface area contributed by atoms with Crippen LogP contribution in [0.15, 0.2) is 12.3 Å². The van der Waals surface area contributed by atoms with Crippen LogP contribution in [0.1, 0.15) is 34.8 Å². The Morgan fingerprint density at radius 2 is 2.38 bits per heavy atom. The molecule has 2 rings (SSSR count). The highest BCUT2D eigenvalue weighted by atomic mass is 16.5. The summed E-state index contributed by atoms with van der Waals surface area (Å²) < 4.78 is 4.58. The number of hydrogen-bond donors (Lipinski definition) is 0. The van der Waals surface area contributed by atoms with E-state index < -0.39 is 0 Å². The molecule has 0 radical (unpaired) electrons. The average molecular weight is 178 g/mol. The Bertz CT molecular complexity index is 334. The molecule has 1 aromatic rings. The van der Waals surface area contributed by atoms with E-state index >= 15 is 0 Å². The molecule has 1 aliphatic carbocycles. The fourth-order valence-corrected chi connectivity index (χ4v) is 1.19. The summed E-state index contributed by atoms with van der Waals surface area (Å²) >= 11 is 0. The minimum absolute atomic E-state index is 0.350. The van der Waals surface area contributed by atoms with Crippen LogP contribution in [0.4, 0.5) is 0 Å². The topological polar surface area (TPSA) is 52.1 Å². The minimum atomic E-state index is -0.350. The summed E-state index contributed by atoms with van der Waals surface area (Å²) in [6, 6.07) is 1.76. The van der Waals surface area contributed by atoms with Crippen LogP contribution < -0.4 is 0 Å². The van der Waals surface area contributed by atoms with Gasteiger partial charge < -0.3 is 4.74 Å². The fraction of sp³-hybridized carbons (Fsp3) is 0.444. The van der Waals surface area contributed by atoms with Crippen molar-refractivity contribution < 1.29 is 9.53 Å². The summed E-state index contributed by atoms with van der Waals surface area (Å²) in [5, 5.41) is 7.72. The molecule has 4 nitrogen and oxygen atoms in total. The molecule has 13 heavy (non-hydrogen) atoms. The van der Waals surface area contributed by atoms with Gasteiger partial charge in [-0.25, -0.2) is 4.79 Å². The third-order valence-corrected chi connectivity index (χ3v) is 2.09. The van der Waals surface area contributed by atoms with E-state index in [0.717, 1.165) is 18.5 Å². The van der Waals surface area contributed by atoms with E-state index in [9.17, 15) is 4.79 Å². The lowest BCUT2D eigenvalue weighted by molar-refractivity contribution is 0.0600. The van der Waals surface area contributed by atoms with Gasteiger partial charge in [-0.3, -0.25) is 0 Å². The molecular weight excluding hydrogens is 168 g/mol. The van der Waals surface area contributed by atoms with E-state index in [1.807, 2.05) is 0 Å². The maximum atomic E-state index is 11.1. The second kappa shape index (κ2) is 3.12. The number of hydrogen-bond acceptors (Lipinski definition) is 4. The van der Waals surface area contributed by atoms with Crippen molar-refractivity contribution >= 4 is 5.97 Å². The van der Waals surface area contributed by atoms with Crippen molar-refractivity contribution in [2.45, 2.75) is 18.8 Å². The second-order valence-electron chi connectivity index (χ2n) is 3.13. The SMILES string of the molecule is COC(=O)c1cnnc(C2CC2)c1. The molecule has 1 saturated carbocycles. The summed E-state index contributed by atoms with van der Waals surface area (Å²) in [6.07, 6.45) is 3.73. The molecule has 0 aromatic carbocycles. The first kappa shape index (κ1) is 8.16. The molecule has 0 N–H and O–H groups in total. The van der Waals surface area contributed by atoms with Gasteiger partial charge in [0.2, 0.25) is 0 Å². The Morgan fingerprint density at radius 3 is 3.00 bits per heavy atom. The molecule has 0 unspecified atom stereocenters. The summed E-state index contributed by atoms with van der Waals surface area (Å²) in [4.78, 5) is 11.1. The first-order chi connectivity index (χ1) is 6.31. The number of nitrogens with zero attached hydrogens (tertiary/aromatic N) is 2. The normalized spacial score (nSPS) is 15.5. The summed E-state index contributed by atoms with van der Waals surface area (Å²) in [6.45, 7) is 0. The predicted molar refractivity (Wildman–Crippen MR) is 45.3 cm³/mol. The average Bonchev–Trinajstić information content (AvgIpc) is 3.00. The molecule has 0 saturated heterocycles. The minimum Gasteiger partial charge on any atom is -0.465 e. The van der Waals surface area contributed by atoms with Crippen LogP contribution in [-0.4, -0.2) is 23.3 Å². The van der Waals surface area contributed by atoms with Gasteiger partial charge >= 0.3 is 5.97 Å². The Labute approximate surface area is 75.9 Å². The molecule has 1 aliphatic rings. The lowest BCUT2D eigenvalue weighted by Crippen LogP contribution is -2.04. The zero-order valence-electron chi connectivity index (χ0n) is 7.36. The predicted octanol–water partition coefficient (Wildman–Crippen LogP) is 1.14. The van der Waals surface area contributed by atoms with Crippen LogP contribution in [0.25, 0.3) is 0 Å². The van der Waals surface area contributed by atoms with Gasteiger partial charge in [0, 0.05) is 5.92 Å². The van der Waals surface area contributed by atoms with Crippen LogP contribution in [0.2, 0.25) is 0 Å². The third kappa shape index (κ3) is 1.66. The van der Waals surface area contributed by atoms with Crippen molar-refractivity contribution in [3.8, 4) is 0 Å². The molecule has 68 valence electrons. The van der Waals surface area contributed by atoms with Gasteiger partial charge in [0.25, 0.3) is 0 Å². The lowest BCUT2D eigenvalue weighted by Gasteiger charge is -1.99. The van der Waals surface area contributed by atoms with Crippen molar-refractivity contribution in [3.05, 3.63) is 23.5 Å². The maximum Gasteiger partial charge on any atom is 0.339 e. The zero-order valence-corrected chi connectivity index (χ0v) is 7.36. The molecular formula is C9H10N2O2. The van der Waals surface area contributed by atoms with E-state index in [1.165, 1.54) is 13.3 Å². The number of carbonyl (C=O) groups is 1. The maximum absolute atomic E-state index is 11.1. The van der Waals surface area contributed by atoms with Crippen LogP contribution in [-0.2, 0) is 4.74 Å². The number of esters is 1. The quantitative estimate of drug-likeness (QED) is 0.637. The standard InChI is InChI=1S/C9H10N2O2/c1-13-9(12)7-4-8(6-2-3-6)11-10-5-7/h4-6H,2-3H2,1H3. The van der Waals surface area contributed by atoms with Gasteiger partial charge in [0.1, 0.15) is 0 Å². The monoisotopic (exact) mass is 178 g/mol.